The smallest absolute Gasteiger partial charge is 0.426 e. The van der Waals surface area contributed by atoms with Gasteiger partial charge in [0.1, 0.15) is 11.7 Å². The number of halogens is 6. The fourth-order valence-electron chi connectivity index (χ4n) is 9.07. The Morgan fingerprint density at radius 3 is 1.83 bits per heavy atom. The van der Waals surface area contributed by atoms with E-state index < -0.39 is 48.3 Å². The zero-order valence-electron chi connectivity index (χ0n) is 27.2. The zero-order chi connectivity index (χ0) is 34.3. The van der Waals surface area contributed by atoms with Crippen LogP contribution < -0.4 is 0 Å². The second kappa shape index (κ2) is 13.7. The van der Waals surface area contributed by atoms with E-state index in [2.05, 4.69) is 0 Å². The van der Waals surface area contributed by atoms with E-state index in [-0.39, 0.29) is 54.4 Å². The van der Waals surface area contributed by atoms with E-state index >= 15 is 0 Å². The SMILES string of the molecule is CCC(C)C(=O)OC12CC3CC(CC(OCCO)(C3)C1)C2.CCC(C)C(=O)OC1CC2CC1CC2CC(O)(C(F)(F)F)C(F)(F)F. The highest BCUT2D eigenvalue weighted by Gasteiger charge is 2.71. The standard InChI is InChI=1S/C17H28O4.C16H22F6O3/c1-3-12(2)15(19)21-17-9-13-6-14(10-17)8-16(7-13,11-17)20-5-4-18;1-3-8(2)13(23)25-12-6-9-4-10(12)5-11(9)7-14(24,15(17,18)19)16(20,21)22/h12-14,18H,3-11H2,1-2H3;8-12,24H,3-7H2,1-2H3. The third kappa shape index (κ3) is 7.66. The molecule has 6 rings (SSSR count). The van der Waals surface area contributed by atoms with Crippen LogP contribution in [0.2, 0.25) is 0 Å². The number of fused-ring (bicyclic) bond motifs is 2. The molecule has 0 aliphatic heterocycles. The van der Waals surface area contributed by atoms with Crippen molar-refractivity contribution < 1.29 is 60.4 Å². The number of carbonyl (C=O) groups is 2. The molecule has 6 saturated carbocycles. The number of aliphatic hydroxyl groups is 2. The molecule has 0 heterocycles. The Balaban J connectivity index is 0.000000211. The lowest BCUT2D eigenvalue weighted by Gasteiger charge is -2.60. The summed E-state index contributed by atoms with van der Waals surface area (Å²) in [5, 5.41) is 18.4. The van der Waals surface area contributed by atoms with E-state index in [0.29, 0.717) is 31.3 Å². The number of alkyl halides is 6. The highest BCUT2D eigenvalue weighted by molar-refractivity contribution is 5.72. The molecule has 0 amide bonds. The lowest BCUT2D eigenvalue weighted by atomic mass is 9.52. The van der Waals surface area contributed by atoms with E-state index in [1.807, 2.05) is 20.8 Å². The molecule has 6 aliphatic carbocycles. The fraction of sp³-hybridized carbons (Fsp3) is 0.939. The summed E-state index contributed by atoms with van der Waals surface area (Å²) in [6.45, 7) is 7.95. The Bertz CT molecular complexity index is 1050. The maximum Gasteiger partial charge on any atom is 0.426 e. The molecule has 6 aliphatic rings. The van der Waals surface area contributed by atoms with Crippen molar-refractivity contribution in [2.45, 2.75) is 140 Å². The first-order chi connectivity index (χ1) is 21.3. The fourth-order valence-corrected chi connectivity index (χ4v) is 9.07. The van der Waals surface area contributed by atoms with Crippen LogP contribution in [0.4, 0.5) is 26.3 Å². The van der Waals surface area contributed by atoms with Gasteiger partial charge in [0.15, 0.2) is 0 Å². The molecule has 0 saturated heterocycles. The minimum absolute atomic E-state index is 0.0210. The summed E-state index contributed by atoms with van der Waals surface area (Å²) in [6, 6.07) is 0. The number of rotatable bonds is 11. The molecule has 8 atom stereocenters. The Hall–Kier alpha value is -1.60. The Morgan fingerprint density at radius 1 is 0.804 bits per heavy atom. The lowest BCUT2D eigenvalue weighted by Crippen LogP contribution is -2.61. The van der Waals surface area contributed by atoms with Gasteiger partial charge in [0.2, 0.25) is 0 Å². The normalized spacial score (nSPS) is 36.2. The van der Waals surface area contributed by atoms with Crippen molar-refractivity contribution in [1.82, 2.24) is 0 Å². The number of aliphatic hydroxyl groups excluding tert-OH is 1. The van der Waals surface area contributed by atoms with Crippen molar-refractivity contribution in [3.05, 3.63) is 0 Å². The number of esters is 2. The highest BCUT2D eigenvalue weighted by atomic mass is 19.4. The third-order valence-electron chi connectivity index (χ3n) is 11.5. The summed E-state index contributed by atoms with van der Waals surface area (Å²) in [6.07, 6.45) is -4.96. The second-order valence-corrected chi connectivity index (χ2v) is 15.0. The molecule has 0 spiro atoms. The quantitative estimate of drug-likeness (QED) is 0.182. The van der Waals surface area contributed by atoms with Gasteiger partial charge in [-0.05, 0) is 100 Å². The summed E-state index contributed by atoms with van der Waals surface area (Å²) in [7, 11) is 0. The average molecular weight is 673 g/mol. The van der Waals surface area contributed by atoms with Crippen molar-refractivity contribution in [1.29, 1.82) is 0 Å². The number of carbonyl (C=O) groups excluding carboxylic acids is 2. The van der Waals surface area contributed by atoms with Gasteiger partial charge in [-0.3, -0.25) is 9.59 Å². The molecule has 13 heteroatoms. The van der Waals surface area contributed by atoms with Gasteiger partial charge in [-0.1, -0.05) is 27.7 Å². The van der Waals surface area contributed by atoms with E-state index in [0.717, 1.165) is 38.5 Å². The van der Waals surface area contributed by atoms with E-state index in [4.69, 9.17) is 19.3 Å². The van der Waals surface area contributed by atoms with Gasteiger partial charge < -0.3 is 24.4 Å². The number of hydrogen-bond donors (Lipinski definition) is 2. The molecule has 0 aromatic carbocycles. The molecule has 266 valence electrons. The average Bonchev–Trinajstić information content (AvgIpc) is 3.53. The summed E-state index contributed by atoms with van der Waals surface area (Å²) in [5.41, 5.74) is -5.14. The second-order valence-electron chi connectivity index (χ2n) is 15.0. The molecule has 0 aromatic rings. The summed E-state index contributed by atoms with van der Waals surface area (Å²) >= 11 is 0. The van der Waals surface area contributed by atoms with Crippen LogP contribution in [0, 0.1) is 41.4 Å². The van der Waals surface area contributed by atoms with E-state index in [1.165, 1.54) is 6.42 Å². The Morgan fingerprint density at radius 2 is 1.35 bits per heavy atom. The van der Waals surface area contributed by atoms with Crippen LogP contribution in [0.1, 0.15) is 105 Å². The van der Waals surface area contributed by atoms with Gasteiger partial charge in [0.05, 0.1) is 30.7 Å². The van der Waals surface area contributed by atoms with E-state index in [1.54, 1.807) is 6.92 Å². The summed E-state index contributed by atoms with van der Waals surface area (Å²) in [4.78, 5) is 24.1. The van der Waals surface area contributed by atoms with Crippen LogP contribution in [0.25, 0.3) is 0 Å². The third-order valence-corrected chi connectivity index (χ3v) is 11.5. The van der Waals surface area contributed by atoms with Crippen molar-refractivity contribution in [3.63, 3.8) is 0 Å². The van der Waals surface area contributed by atoms with Crippen LogP contribution >= 0.6 is 0 Å². The zero-order valence-corrected chi connectivity index (χ0v) is 27.2. The first kappa shape index (κ1) is 37.2. The van der Waals surface area contributed by atoms with Crippen molar-refractivity contribution in [3.8, 4) is 0 Å². The minimum Gasteiger partial charge on any atom is -0.462 e. The molecule has 0 radical (unpaired) electrons. The van der Waals surface area contributed by atoms with Crippen molar-refractivity contribution >= 4 is 11.9 Å². The van der Waals surface area contributed by atoms with Gasteiger partial charge in [0.25, 0.3) is 5.60 Å². The van der Waals surface area contributed by atoms with E-state index in [9.17, 15) is 41.0 Å². The number of ether oxygens (including phenoxy) is 3. The maximum absolute atomic E-state index is 12.8. The minimum atomic E-state index is -5.78. The molecule has 7 nitrogen and oxygen atoms in total. The predicted octanol–water partition coefficient (Wildman–Crippen LogP) is 6.91. The summed E-state index contributed by atoms with van der Waals surface area (Å²) in [5.74, 6) is -1.05. The van der Waals surface area contributed by atoms with Gasteiger partial charge in [0, 0.05) is 6.42 Å². The van der Waals surface area contributed by atoms with Crippen molar-refractivity contribution in [2.75, 3.05) is 13.2 Å². The molecule has 2 N–H and O–H groups in total. The van der Waals surface area contributed by atoms with Gasteiger partial charge in [-0.25, -0.2) is 0 Å². The molecular formula is C33H50F6O7. The molecule has 0 aromatic heterocycles. The first-order valence-corrected chi connectivity index (χ1v) is 16.8. The monoisotopic (exact) mass is 672 g/mol. The Labute approximate surface area is 267 Å². The highest BCUT2D eigenvalue weighted by Crippen LogP contribution is 2.60. The van der Waals surface area contributed by atoms with Crippen LogP contribution in [0.5, 0.6) is 0 Å². The first-order valence-electron chi connectivity index (χ1n) is 16.8. The molecule has 8 unspecified atom stereocenters. The topological polar surface area (TPSA) is 102 Å². The van der Waals surface area contributed by atoms with Gasteiger partial charge in [-0.15, -0.1) is 0 Å². The van der Waals surface area contributed by atoms with Crippen LogP contribution in [0.3, 0.4) is 0 Å². The van der Waals surface area contributed by atoms with Crippen LogP contribution in [-0.2, 0) is 23.8 Å². The van der Waals surface area contributed by atoms with Gasteiger partial charge >= 0.3 is 24.3 Å². The maximum atomic E-state index is 12.8. The molecule has 6 fully saturated rings. The molecule has 46 heavy (non-hydrogen) atoms. The predicted molar refractivity (Wildman–Crippen MR) is 154 cm³/mol. The molecule has 6 bridgehead atoms. The van der Waals surface area contributed by atoms with Crippen LogP contribution in [0.15, 0.2) is 0 Å². The molecular weight excluding hydrogens is 622 g/mol. The van der Waals surface area contributed by atoms with Gasteiger partial charge in [-0.2, -0.15) is 26.3 Å². The summed E-state index contributed by atoms with van der Waals surface area (Å²) < 4.78 is 94.4. The Kier molecular flexibility index (Phi) is 11.1. The largest absolute Gasteiger partial charge is 0.462 e. The number of hydrogen-bond acceptors (Lipinski definition) is 7. The van der Waals surface area contributed by atoms with Crippen LogP contribution in [-0.4, -0.2) is 70.6 Å². The van der Waals surface area contributed by atoms with Crippen molar-refractivity contribution in [2.24, 2.45) is 41.4 Å². The lowest BCUT2D eigenvalue weighted by molar-refractivity contribution is -0.373.